The Kier molecular flexibility index (Phi) is 6.82. The minimum Gasteiger partial charge on any atom is -0.314 e. The van der Waals surface area contributed by atoms with Crippen LogP contribution in [0.15, 0.2) is 0 Å². The van der Waals surface area contributed by atoms with Crippen LogP contribution in [0.25, 0.3) is 0 Å². The third-order valence-corrected chi connectivity index (χ3v) is 6.05. The van der Waals surface area contributed by atoms with Crippen LogP contribution in [0, 0.1) is 5.92 Å². The first kappa shape index (κ1) is 15.5. The van der Waals surface area contributed by atoms with Crippen LogP contribution >= 0.6 is 0 Å². The van der Waals surface area contributed by atoms with Crippen LogP contribution in [-0.4, -0.2) is 40.9 Å². The molecule has 2 aliphatic rings. The molecule has 1 aliphatic carbocycles. The lowest BCUT2D eigenvalue weighted by atomic mass is 9.77. The van der Waals surface area contributed by atoms with Gasteiger partial charge in [0.05, 0.1) is 0 Å². The third kappa shape index (κ3) is 4.83. The summed E-state index contributed by atoms with van der Waals surface area (Å²) in [6.45, 7) is 4.13. The molecule has 2 fully saturated rings. The van der Waals surface area contributed by atoms with Gasteiger partial charge in [-0.05, 0) is 38.1 Å². The Morgan fingerprint density at radius 3 is 2.68 bits per heavy atom. The predicted molar refractivity (Wildman–Crippen MR) is 82.9 cm³/mol. The Hall–Kier alpha value is 0.0700. The summed E-state index contributed by atoms with van der Waals surface area (Å²) in [7, 11) is -0.625. The molecule has 0 aromatic heterocycles. The molecule has 1 saturated heterocycles. The van der Waals surface area contributed by atoms with Gasteiger partial charge in [0.2, 0.25) is 0 Å². The fraction of sp³-hybridized carbons (Fsp3) is 1.00. The van der Waals surface area contributed by atoms with Crippen LogP contribution in [0.1, 0.15) is 51.9 Å². The van der Waals surface area contributed by atoms with E-state index in [9.17, 15) is 4.21 Å². The van der Waals surface area contributed by atoms with Gasteiger partial charge in [-0.3, -0.25) is 4.21 Å². The molecule has 4 unspecified atom stereocenters. The van der Waals surface area contributed by atoms with Gasteiger partial charge in [0.25, 0.3) is 0 Å². The molecule has 0 aromatic rings. The molecule has 0 spiro atoms. The molecular weight excluding hydrogens is 256 g/mol. The molecule has 0 bridgehead atoms. The van der Waals surface area contributed by atoms with Gasteiger partial charge in [-0.25, -0.2) is 0 Å². The topological polar surface area (TPSA) is 41.1 Å². The number of hydrogen-bond acceptors (Lipinski definition) is 3. The molecule has 112 valence electrons. The highest BCUT2D eigenvalue weighted by molar-refractivity contribution is 7.84. The molecule has 1 saturated carbocycles. The van der Waals surface area contributed by atoms with Crippen LogP contribution < -0.4 is 10.6 Å². The van der Waals surface area contributed by atoms with Crippen molar-refractivity contribution in [3.05, 3.63) is 0 Å². The zero-order chi connectivity index (χ0) is 13.5. The largest absolute Gasteiger partial charge is 0.314 e. The monoisotopic (exact) mass is 286 g/mol. The quantitative estimate of drug-likeness (QED) is 0.785. The Morgan fingerprint density at radius 2 is 1.95 bits per heavy atom. The highest BCUT2D eigenvalue weighted by Crippen LogP contribution is 2.30. The van der Waals surface area contributed by atoms with E-state index in [-0.39, 0.29) is 0 Å². The number of nitrogens with one attached hydrogen (secondary N) is 2. The smallest absolute Gasteiger partial charge is 0.0360 e. The Balaban J connectivity index is 1.79. The van der Waals surface area contributed by atoms with Crippen molar-refractivity contribution in [2.45, 2.75) is 64.0 Å². The number of hydrogen-bond donors (Lipinski definition) is 2. The van der Waals surface area contributed by atoms with Gasteiger partial charge in [0.1, 0.15) is 0 Å². The normalized spacial score (nSPS) is 34.1. The maximum Gasteiger partial charge on any atom is 0.0360 e. The van der Waals surface area contributed by atoms with Crippen molar-refractivity contribution < 1.29 is 4.21 Å². The van der Waals surface area contributed by atoms with E-state index in [1.807, 2.05) is 6.92 Å². The fourth-order valence-electron chi connectivity index (χ4n) is 3.64. The van der Waals surface area contributed by atoms with E-state index in [0.29, 0.717) is 6.04 Å². The molecule has 1 aliphatic heterocycles. The SMILES string of the molecule is CCS(=O)CCNC1CCCCC1C1CCCCN1. The van der Waals surface area contributed by atoms with Gasteiger partial charge in [-0.15, -0.1) is 0 Å². The average molecular weight is 286 g/mol. The Labute approximate surface area is 120 Å². The van der Waals surface area contributed by atoms with Crippen LogP contribution in [0.2, 0.25) is 0 Å². The predicted octanol–water partition coefficient (Wildman–Crippen LogP) is 2.05. The summed E-state index contributed by atoms with van der Waals surface area (Å²) in [6, 6.07) is 1.38. The van der Waals surface area contributed by atoms with Crippen molar-refractivity contribution in [2.24, 2.45) is 5.92 Å². The van der Waals surface area contributed by atoms with Crippen LogP contribution in [0.4, 0.5) is 0 Å². The lowest BCUT2D eigenvalue weighted by Crippen LogP contribution is -2.51. The van der Waals surface area contributed by atoms with Crippen molar-refractivity contribution >= 4 is 10.8 Å². The fourth-order valence-corrected chi connectivity index (χ4v) is 4.28. The van der Waals surface area contributed by atoms with E-state index in [0.717, 1.165) is 30.0 Å². The second-order valence-electron chi connectivity index (χ2n) is 6.00. The summed E-state index contributed by atoms with van der Waals surface area (Å²) in [5.74, 6) is 2.40. The molecule has 0 aromatic carbocycles. The highest BCUT2D eigenvalue weighted by Gasteiger charge is 2.31. The second kappa shape index (κ2) is 8.38. The Bertz CT molecular complexity index is 279. The van der Waals surface area contributed by atoms with Gasteiger partial charge < -0.3 is 10.6 Å². The molecule has 3 nitrogen and oxygen atoms in total. The maximum absolute atomic E-state index is 11.5. The maximum atomic E-state index is 11.5. The number of rotatable bonds is 6. The lowest BCUT2D eigenvalue weighted by molar-refractivity contribution is 0.184. The highest BCUT2D eigenvalue weighted by atomic mass is 32.2. The van der Waals surface area contributed by atoms with Crippen molar-refractivity contribution in [1.29, 1.82) is 0 Å². The molecule has 2 rings (SSSR count). The summed E-state index contributed by atoms with van der Waals surface area (Å²) >= 11 is 0. The van der Waals surface area contributed by atoms with Gasteiger partial charge >= 0.3 is 0 Å². The zero-order valence-electron chi connectivity index (χ0n) is 12.3. The average Bonchev–Trinajstić information content (AvgIpc) is 2.48. The molecule has 4 atom stereocenters. The first-order valence-corrected chi connectivity index (χ1v) is 9.62. The molecule has 19 heavy (non-hydrogen) atoms. The van der Waals surface area contributed by atoms with Crippen molar-refractivity contribution in [3.63, 3.8) is 0 Å². The summed E-state index contributed by atoms with van der Waals surface area (Å²) < 4.78 is 11.5. The standard InChI is InChI=1S/C15H30N2OS/c1-2-19(18)12-11-17-15-8-4-3-7-13(15)14-9-5-6-10-16-14/h13-17H,2-12H2,1H3. The second-order valence-corrected chi connectivity index (χ2v) is 7.86. The first-order chi connectivity index (χ1) is 9.31. The molecule has 1 heterocycles. The van der Waals surface area contributed by atoms with Crippen LogP contribution in [-0.2, 0) is 10.8 Å². The first-order valence-electron chi connectivity index (χ1n) is 8.13. The van der Waals surface area contributed by atoms with E-state index in [1.54, 1.807) is 0 Å². The summed E-state index contributed by atoms with van der Waals surface area (Å²) in [5.41, 5.74) is 0. The summed E-state index contributed by atoms with van der Waals surface area (Å²) in [6.07, 6.45) is 9.51. The molecular formula is C15H30N2OS. The van der Waals surface area contributed by atoms with Crippen LogP contribution in [0.5, 0.6) is 0 Å². The van der Waals surface area contributed by atoms with Crippen molar-refractivity contribution in [2.75, 3.05) is 24.6 Å². The molecule has 2 N–H and O–H groups in total. The third-order valence-electron chi connectivity index (χ3n) is 4.74. The molecule has 0 radical (unpaired) electrons. The van der Waals surface area contributed by atoms with E-state index in [2.05, 4.69) is 10.6 Å². The minimum atomic E-state index is -0.625. The Morgan fingerprint density at radius 1 is 1.16 bits per heavy atom. The minimum absolute atomic E-state index is 0.625. The van der Waals surface area contributed by atoms with Gasteiger partial charge in [0.15, 0.2) is 0 Å². The zero-order valence-corrected chi connectivity index (χ0v) is 13.1. The van der Waals surface area contributed by atoms with Gasteiger partial charge in [0, 0.05) is 40.9 Å². The van der Waals surface area contributed by atoms with E-state index in [4.69, 9.17) is 0 Å². The summed E-state index contributed by atoms with van der Waals surface area (Å²) in [4.78, 5) is 0. The van der Waals surface area contributed by atoms with E-state index in [1.165, 1.54) is 51.5 Å². The van der Waals surface area contributed by atoms with Crippen molar-refractivity contribution in [1.82, 2.24) is 10.6 Å². The summed E-state index contributed by atoms with van der Waals surface area (Å²) in [5, 5.41) is 7.43. The molecule has 0 amide bonds. The molecule has 4 heteroatoms. The van der Waals surface area contributed by atoms with Gasteiger partial charge in [-0.1, -0.05) is 26.2 Å². The lowest BCUT2D eigenvalue weighted by Gasteiger charge is -2.40. The van der Waals surface area contributed by atoms with E-state index >= 15 is 0 Å². The van der Waals surface area contributed by atoms with Crippen LogP contribution in [0.3, 0.4) is 0 Å². The van der Waals surface area contributed by atoms with Gasteiger partial charge in [-0.2, -0.15) is 0 Å². The van der Waals surface area contributed by atoms with Crippen molar-refractivity contribution in [3.8, 4) is 0 Å². The number of piperidine rings is 1. The van der Waals surface area contributed by atoms with E-state index < -0.39 is 10.8 Å².